The van der Waals surface area contributed by atoms with E-state index in [-0.39, 0.29) is 17.9 Å². The van der Waals surface area contributed by atoms with Crippen LogP contribution in [-0.2, 0) is 19.1 Å². The summed E-state index contributed by atoms with van der Waals surface area (Å²) >= 11 is 0. The van der Waals surface area contributed by atoms with E-state index in [2.05, 4.69) is 49.9 Å². The van der Waals surface area contributed by atoms with Crippen LogP contribution < -0.4 is 9.64 Å². The van der Waals surface area contributed by atoms with Gasteiger partial charge in [0.15, 0.2) is 6.10 Å². The van der Waals surface area contributed by atoms with Gasteiger partial charge >= 0.3 is 5.97 Å². The van der Waals surface area contributed by atoms with Gasteiger partial charge in [-0.25, -0.2) is 4.79 Å². The fourth-order valence-electron chi connectivity index (χ4n) is 5.05. The van der Waals surface area contributed by atoms with E-state index in [1.807, 2.05) is 17.0 Å². The van der Waals surface area contributed by atoms with Gasteiger partial charge in [0, 0.05) is 45.2 Å². The van der Waals surface area contributed by atoms with Crippen LogP contribution in [0, 0.1) is 11.8 Å². The fourth-order valence-corrected chi connectivity index (χ4v) is 5.05. The standard InChI is InChI=1S/C27H36N2O5/c1-17(2)13-23(24-26(31)34-27(4,5)33-24)25(30)29-12-11-28(16-18(29)3)21-9-7-20-15-22(32-6)10-8-19(20)14-21/h7-10,14-15,17-18,23-24H,11-13,16H2,1-6H3/t18-,23+,24+/m1/s1. The number of nitrogens with zero attached hydrogens (tertiary/aromatic N) is 2. The SMILES string of the molecule is COc1ccc2cc(N3CCN(C(=O)[C@@H](CC(C)C)[C@@H]4OC(C)(C)OC4=O)[C@H](C)C3)ccc2c1. The van der Waals surface area contributed by atoms with Crippen molar-refractivity contribution in [1.29, 1.82) is 0 Å². The average Bonchev–Trinajstić information content (AvgIpc) is 3.07. The van der Waals surface area contributed by atoms with Crippen LogP contribution in [0.4, 0.5) is 5.69 Å². The number of cyclic esters (lactones) is 1. The van der Waals surface area contributed by atoms with Crippen molar-refractivity contribution in [3.8, 4) is 5.75 Å². The number of hydrogen-bond donors (Lipinski definition) is 0. The second-order valence-electron chi connectivity index (χ2n) is 10.3. The number of carbonyl (C=O) groups excluding carboxylic acids is 2. The number of carbonyl (C=O) groups is 2. The number of ether oxygens (including phenoxy) is 3. The first-order valence-corrected chi connectivity index (χ1v) is 12.1. The normalized spacial score (nSPS) is 23.3. The molecule has 0 aromatic heterocycles. The second-order valence-corrected chi connectivity index (χ2v) is 10.3. The van der Waals surface area contributed by atoms with Crippen molar-refractivity contribution >= 4 is 28.3 Å². The number of esters is 1. The molecule has 0 saturated carbocycles. The van der Waals surface area contributed by atoms with Gasteiger partial charge in [0.2, 0.25) is 11.7 Å². The predicted octanol–water partition coefficient (Wildman–Crippen LogP) is 4.23. The summed E-state index contributed by atoms with van der Waals surface area (Å²) in [5.41, 5.74) is 1.14. The van der Waals surface area contributed by atoms with Crippen molar-refractivity contribution in [2.45, 2.75) is 59.0 Å². The molecule has 2 aromatic carbocycles. The van der Waals surface area contributed by atoms with Crippen LogP contribution in [0.5, 0.6) is 5.75 Å². The summed E-state index contributed by atoms with van der Waals surface area (Å²) in [6, 6.07) is 12.5. The van der Waals surface area contributed by atoms with Gasteiger partial charge in [-0.15, -0.1) is 0 Å². The topological polar surface area (TPSA) is 68.3 Å². The van der Waals surface area contributed by atoms with Crippen LogP contribution in [0.3, 0.4) is 0 Å². The third-order valence-electron chi connectivity index (χ3n) is 6.70. The lowest BCUT2D eigenvalue weighted by Crippen LogP contribution is -2.57. The molecule has 0 radical (unpaired) electrons. The molecule has 7 nitrogen and oxygen atoms in total. The Morgan fingerprint density at radius 3 is 2.47 bits per heavy atom. The zero-order valence-electron chi connectivity index (χ0n) is 21.0. The minimum atomic E-state index is -0.998. The molecule has 3 atom stereocenters. The van der Waals surface area contributed by atoms with Crippen LogP contribution in [0.1, 0.15) is 41.0 Å². The summed E-state index contributed by atoms with van der Waals surface area (Å²) in [4.78, 5) is 30.4. The predicted molar refractivity (Wildman–Crippen MR) is 132 cm³/mol. The van der Waals surface area contributed by atoms with Gasteiger partial charge in [0.25, 0.3) is 0 Å². The first kappa shape index (κ1) is 24.3. The van der Waals surface area contributed by atoms with E-state index >= 15 is 0 Å². The maximum absolute atomic E-state index is 13.7. The Morgan fingerprint density at radius 1 is 1.15 bits per heavy atom. The number of rotatable bonds is 6. The highest BCUT2D eigenvalue weighted by Crippen LogP contribution is 2.33. The van der Waals surface area contributed by atoms with E-state index in [4.69, 9.17) is 14.2 Å². The summed E-state index contributed by atoms with van der Waals surface area (Å²) in [6.45, 7) is 11.7. The van der Waals surface area contributed by atoms with Gasteiger partial charge in [0.1, 0.15) is 5.75 Å². The number of piperazine rings is 1. The van der Waals surface area contributed by atoms with E-state index in [0.717, 1.165) is 35.3 Å². The van der Waals surface area contributed by atoms with E-state index in [1.165, 1.54) is 0 Å². The Kier molecular flexibility index (Phi) is 6.76. The quantitative estimate of drug-likeness (QED) is 0.591. The van der Waals surface area contributed by atoms with Crippen molar-refractivity contribution < 1.29 is 23.8 Å². The number of amides is 1. The third-order valence-corrected chi connectivity index (χ3v) is 6.70. The van der Waals surface area contributed by atoms with Crippen LogP contribution in [0.15, 0.2) is 36.4 Å². The van der Waals surface area contributed by atoms with Gasteiger partial charge in [-0.05, 0) is 54.3 Å². The van der Waals surface area contributed by atoms with Gasteiger partial charge < -0.3 is 24.0 Å². The molecule has 0 unspecified atom stereocenters. The maximum atomic E-state index is 13.7. The maximum Gasteiger partial charge on any atom is 0.338 e. The summed E-state index contributed by atoms with van der Waals surface area (Å²) < 4.78 is 16.6. The molecule has 2 aromatic rings. The van der Waals surface area contributed by atoms with Crippen LogP contribution in [0.2, 0.25) is 0 Å². The smallest absolute Gasteiger partial charge is 0.338 e. The lowest BCUT2D eigenvalue weighted by Gasteiger charge is -2.42. The number of hydrogen-bond acceptors (Lipinski definition) is 6. The Morgan fingerprint density at radius 2 is 1.85 bits per heavy atom. The average molecular weight is 469 g/mol. The second kappa shape index (κ2) is 9.45. The molecule has 2 aliphatic rings. The van der Waals surface area contributed by atoms with Gasteiger partial charge in [-0.3, -0.25) is 4.79 Å². The molecule has 0 N–H and O–H groups in total. The highest BCUT2D eigenvalue weighted by Gasteiger charge is 2.49. The molecule has 184 valence electrons. The van der Waals surface area contributed by atoms with Gasteiger partial charge in [-0.2, -0.15) is 0 Å². The zero-order chi connectivity index (χ0) is 24.6. The van der Waals surface area contributed by atoms with Crippen LogP contribution >= 0.6 is 0 Å². The molecule has 1 amide bonds. The molecule has 0 spiro atoms. The highest BCUT2D eigenvalue weighted by molar-refractivity contribution is 5.89. The monoisotopic (exact) mass is 468 g/mol. The van der Waals surface area contributed by atoms with Crippen molar-refractivity contribution in [3.63, 3.8) is 0 Å². The van der Waals surface area contributed by atoms with Crippen molar-refractivity contribution in [2.24, 2.45) is 11.8 Å². The molecular weight excluding hydrogens is 432 g/mol. The molecular formula is C27H36N2O5. The number of fused-ring (bicyclic) bond motifs is 1. The fraction of sp³-hybridized carbons (Fsp3) is 0.556. The first-order valence-electron chi connectivity index (χ1n) is 12.1. The van der Waals surface area contributed by atoms with E-state index in [1.54, 1.807) is 21.0 Å². The van der Waals surface area contributed by atoms with Crippen LogP contribution in [-0.4, -0.2) is 61.5 Å². The number of anilines is 1. The molecule has 0 aliphatic carbocycles. The molecule has 7 heteroatoms. The third kappa shape index (κ3) is 4.99. The van der Waals surface area contributed by atoms with Crippen molar-refractivity contribution in [2.75, 3.05) is 31.6 Å². The van der Waals surface area contributed by atoms with Gasteiger partial charge in [-0.1, -0.05) is 26.0 Å². The largest absolute Gasteiger partial charge is 0.497 e. The highest BCUT2D eigenvalue weighted by atomic mass is 16.8. The van der Waals surface area contributed by atoms with E-state index in [9.17, 15) is 9.59 Å². The summed E-state index contributed by atoms with van der Waals surface area (Å²) in [7, 11) is 1.67. The molecule has 2 saturated heterocycles. The van der Waals surface area contributed by atoms with Crippen molar-refractivity contribution in [3.05, 3.63) is 36.4 Å². The first-order chi connectivity index (χ1) is 16.1. The number of benzene rings is 2. The van der Waals surface area contributed by atoms with Crippen LogP contribution in [0.25, 0.3) is 10.8 Å². The Bertz CT molecular complexity index is 1070. The molecule has 2 aliphatic heterocycles. The molecule has 4 rings (SSSR count). The minimum Gasteiger partial charge on any atom is -0.497 e. The van der Waals surface area contributed by atoms with E-state index < -0.39 is 23.8 Å². The lowest BCUT2D eigenvalue weighted by atomic mass is 9.90. The van der Waals surface area contributed by atoms with E-state index in [0.29, 0.717) is 13.0 Å². The summed E-state index contributed by atoms with van der Waals surface area (Å²) in [5, 5.41) is 2.29. The summed E-state index contributed by atoms with van der Waals surface area (Å²) in [6.07, 6.45) is -0.275. The molecule has 34 heavy (non-hydrogen) atoms. The molecule has 2 heterocycles. The summed E-state index contributed by atoms with van der Waals surface area (Å²) in [5.74, 6) is -0.910. The Labute approximate surface area is 201 Å². The molecule has 2 fully saturated rings. The number of methoxy groups -OCH3 is 1. The minimum absolute atomic E-state index is 0.00732. The lowest BCUT2D eigenvalue weighted by molar-refractivity contribution is -0.163. The zero-order valence-corrected chi connectivity index (χ0v) is 21.0. The Balaban J connectivity index is 1.49. The Hall–Kier alpha value is -2.80. The van der Waals surface area contributed by atoms with Crippen molar-refractivity contribution in [1.82, 2.24) is 4.90 Å². The molecule has 0 bridgehead atoms. The van der Waals surface area contributed by atoms with Gasteiger partial charge in [0.05, 0.1) is 13.0 Å².